The van der Waals surface area contributed by atoms with Gasteiger partial charge < -0.3 is 48.9 Å². The normalized spacial score (nSPS) is 20.2. The van der Waals surface area contributed by atoms with E-state index in [1.807, 2.05) is 54.6 Å². The number of hydrogen-bond donors (Lipinski definition) is 2. The predicted molar refractivity (Wildman–Crippen MR) is 318 cm³/mol. The van der Waals surface area contributed by atoms with Gasteiger partial charge in [0.1, 0.15) is 47.8 Å². The van der Waals surface area contributed by atoms with Gasteiger partial charge in [0.25, 0.3) is 11.8 Å². The van der Waals surface area contributed by atoms with Crippen LogP contribution >= 0.6 is 0 Å². The van der Waals surface area contributed by atoms with Crippen molar-refractivity contribution in [3.8, 4) is 34.3 Å². The van der Waals surface area contributed by atoms with Gasteiger partial charge >= 0.3 is 24.1 Å². The molecule has 3 aliphatic heterocycles. The number of alkyl carbamates (subject to hydrolysis) is 2. The number of rotatable bonds is 11. The Morgan fingerprint density at radius 3 is 2.00 bits per heavy atom. The molecule has 2 saturated heterocycles. The van der Waals surface area contributed by atoms with Crippen molar-refractivity contribution in [3.05, 3.63) is 133 Å². The second-order valence-corrected chi connectivity index (χ2v) is 23.3. The van der Waals surface area contributed by atoms with E-state index in [0.29, 0.717) is 56.7 Å². The Kier molecular flexibility index (Phi) is 19.5. The summed E-state index contributed by atoms with van der Waals surface area (Å²) < 4.78 is 88.8. The average Bonchev–Trinajstić information content (AvgIpc) is 1.93. The lowest BCUT2D eigenvalue weighted by Crippen LogP contribution is -2.57. The number of fused-ring (bicyclic) bond motifs is 8. The van der Waals surface area contributed by atoms with Gasteiger partial charge in [-0.05, 0) is 70.5 Å². The summed E-state index contributed by atoms with van der Waals surface area (Å²) >= 11 is 0. The molecule has 4 amide bonds. The molecule has 0 radical (unpaired) electrons. The number of hydrogen-bond acceptors (Lipinski definition) is 16. The van der Waals surface area contributed by atoms with Gasteiger partial charge in [-0.3, -0.25) is 9.59 Å². The second kappa shape index (κ2) is 26.6. The van der Waals surface area contributed by atoms with Crippen molar-refractivity contribution in [2.24, 2.45) is 10.8 Å². The van der Waals surface area contributed by atoms with Crippen molar-refractivity contribution < 1.29 is 74.8 Å². The summed E-state index contributed by atoms with van der Waals surface area (Å²) in [5.74, 6) is -9.18. The Hall–Kier alpha value is -9.48. The number of ether oxygens (including phenoxy) is 6. The molecule has 24 heteroatoms. The lowest BCUT2D eigenvalue weighted by Gasteiger charge is -2.34. The van der Waals surface area contributed by atoms with Crippen LogP contribution in [0, 0.1) is 10.8 Å². The minimum atomic E-state index is -3.50. The van der Waals surface area contributed by atoms with Crippen LogP contribution in [0.3, 0.4) is 0 Å². The van der Waals surface area contributed by atoms with Gasteiger partial charge in [0.2, 0.25) is 23.6 Å². The molecule has 9 rings (SSSR count). The van der Waals surface area contributed by atoms with Crippen LogP contribution in [0.4, 0.5) is 27.2 Å². The highest BCUT2D eigenvalue weighted by atomic mass is 19.3. The molecule has 464 valence electrons. The van der Waals surface area contributed by atoms with Crippen molar-refractivity contribution in [2.45, 2.75) is 103 Å². The predicted octanol–water partition coefficient (Wildman–Crippen LogP) is 10.0. The molecule has 20 nitrogen and oxygen atoms in total. The number of benzene rings is 4. The van der Waals surface area contributed by atoms with Crippen molar-refractivity contribution >= 4 is 70.2 Å². The molecule has 0 aliphatic carbocycles. The second-order valence-electron chi connectivity index (χ2n) is 23.3. The van der Waals surface area contributed by atoms with E-state index in [1.54, 1.807) is 90.1 Å². The quantitative estimate of drug-likeness (QED) is 0.0531. The zero-order valence-electron chi connectivity index (χ0n) is 49.8. The zero-order chi connectivity index (χ0) is 63.9. The monoisotopic (exact) mass is 1220 g/mol. The first-order valence-corrected chi connectivity index (χ1v) is 28.0. The number of aromatic nitrogens is 4. The molecule has 0 unspecified atom stereocenters. The Labute approximate surface area is 505 Å². The molecule has 2 fully saturated rings. The van der Waals surface area contributed by atoms with Crippen molar-refractivity contribution in [1.29, 1.82) is 0 Å². The first-order chi connectivity index (χ1) is 41.6. The van der Waals surface area contributed by atoms with E-state index >= 15 is 0 Å². The van der Waals surface area contributed by atoms with Crippen LogP contribution in [0.25, 0.3) is 56.7 Å². The van der Waals surface area contributed by atoms with Crippen LogP contribution in [0.15, 0.2) is 122 Å². The molecule has 6 atom stereocenters. The summed E-state index contributed by atoms with van der Waals surface area (Å²) in [6.45, 7) is 14.4. The minimum Gasteiger partial charge on any atom is -0.471 e. The summed E-state index contributed by atoms with van der Waals surface area (Å²) in [5, 5.41) is 4.82. The van der Waals surface area contributed by atoms with E-state index in [-0.39, 0.29) is 37.7 Å². The maximum absolute atomic E-state index is 14.7. The van der Waals surface area contributed by atoms with Crippen molar-refractivity contribution in [1.82, 2.24) is 40.4 Å². The van der Waals surface area contributed by atoms with Crippen LogP contribution in [0.2, 0.25) is 0 Å². The first-order valence-electron chi connectivity index (χ1n) is 28.0. The molecule has 2 aromatic heterocycles. The van der Waals surface area contributed by atoms with E-state index in [4.69, 9.17) is 43.6 Å². The molecule has 4 aromatic carbocycles. The van der Waals surface area contributed by atoms with Gasteiger partial charge in [-0.25, -0.2) is 39.1 Å². The third-order valence-corrected chi connectivity index (χ3v) is 14.6. The van der Waals surface area contributed by atoms with Gasteiger partial charge in [0.05, 0.1) is 49.4 Å². The molecule has 0 saturated carbocycles. The molecule has 6 aromatic rings. The highest BCUT2D eigenvalue weighted by Crippen LogP contribution is 2.37. The smallest absolute Gasteiger partial charge is 0.408 e. The number of carbonyl (C=O) groups excluding carboxylic acids is 6. The molecular weight excluding hydrogens is 1150 g/mol. The van der Waals surface area contributed by atoms with Crippen LogP contribution in [0.1, 0.15) is 65.5 Å². The lowest BCUT2D eigenvalue weighted by molar-refractivity contribution is -0.152. The number of para-hydroxylation sites is 4. The number of carbonyl (C=O) groups is 6. The molecular formula is C64H68F4N8O12. The third-order valence-electron chi connectivity index (χ3n) is 14.6. The minimum absolute atomic E-state index is 0.0310. The van der Waals surface area contributed by atoms with Gasteiger partial charge in [-0.2, -0.15) is 17.6 Å². The van der Waals surface area contributed by atoms with Crippen LogP contribution in [-0.4, -0.2) is 154 Å². The summed E-state index contributed by atoms with van der Waals surface area (Å²) in [6, 6.07) is 24.2. The average molecular weight is 1220 g/mol. The van der Waals surface area contributed by atoms with E-state index in [9.17, 15) is 46.3 Å². The highest BCUT2D eigenvalue weighted by molar-refractivity contribution is 5.92. The number of cyclic esters (lactones) is 1. The van der Waals surface area contributed by atoms with E-state index in [0.717, 1.165) is 11.1 Å². The summed E-state index contributed by atoms with van der Waals surface area (Å²) in [4.78, 5) is 100. The third kappa shape index (κ3) is 15.6. The lowest BCUT2D eigenvalue weighted by atomic mass is 9.85. The van der Waals surface area contributed by atoms with Gasteiger partial charge in [-0.15, -0.1) is 0 Å². The SMILES string of the molecule is C=Cc1cccc(-c2nc3ccccc3nc2O[C@@H]2C[C@@H](C(=O)OC)N(C(=O)[C@@H](NC(=O)OCC(F)(F)C=C)C(C)(C)C)C2)c1.COC(=O)[C@@H]1C[C@@H]2CN1C(=O)[C@H](C(C)(C)C)NC(=O)OCC(F)(F)/C=C/c1cccc(c1)-c1nc3ccccc3nc1O2. The van der Waals surface area contributed by atoms with Crippen LogP contribution in [-0.2, 0) is 38.1 Å². The number of amides is 4. The molecule has 88 heavy (non-hydrogen) atoms. The van der Waals surface area contributed by atoms with E-state index in [2.05, 4.69) is 28.5 Å². The fourth-order valence-electron chi connectivity index (χ4n) is 9.99. The summed E-state index contributed by atoms with van der Waals surface area (Å²) in [7, 11) is 2.42. The number of alkyl halides is 4. The first kappa shape index (κ1) is 64.5. The largest absolute Gasteiger partial charge is 0.471 e. The maximum Gasteiger partial charge on any atom is 0.408 e. The molecule has 4 bridgehead atoms. The Bertz CT molecular complexity index is 3670. The number of nitrogens with one attached hydrogen (secondary N) is 2. The Balaban J connectivity index is 0.000000228. The maximum atomic E-state index is 14.7. The van der Waals surface area contributed by atoms with E-state index in [1.165, 1.54) is 30.1 Å². The molecule has 3 aliphatic rings. The number of methoxy groups -OCH3 is 2. The fourth-order valence-corrected chi connectivity index (χ4v) is 9.99. The topological polar surface area (TPSA) is 240 Å². The van der Waals surface area contributed by atoms with Crippen LogP contribution in [0.5, 0.6) is 11.8 Å². The van der Waals surface area contributed by atoms with Gasteiger partial charge in [-0.1, -0.05) is 128 Å². The van der Waals surface area contributed by atoms with Crippen molar-refractivity contribution in [3.63, 3.8) is 0 Å². The van der Waals surface area contributed by atoms with Gasteiger partial charge in [0.15, 0.2) is 13.2 Å². The molecule has 0 spiro atoms. The van der Waals surface area contributed by atoms with Gasteiger partial charge in [0, 0.05) is 24.0 Å². The molecule has 5 heterocycles. The standard InChI is InChI=1S/C33H36F2N4O6.C31H32F2N4O6/c1-7-20-12-11-13-21(16-20)26-28(37-24-15-10-9-14-23(24)36-26)45-22-17-25(30(41)43-6)39(18-22)29(40)27(32(3,4)5)38-31(42)44-19-33(34,35)8-2;1-30(2,3)25-27(38)37-16-20(15-23(37)28(39)41-4)43-26-24(34-21-10-5-6-11-22(21)35-26)19-9-7-8-18(14-19)12-13-31(32,33)17-42-29(40)36-25/h7-16,22,25,27H,1-2,17-19H2,3-6H3,(H,38,42);5-14,20,23,25H,15-17H2,1-4H3,(H,36,40)/b;13-12+/t22-,25+,27-;20-,23+,25-/m11/s1. The number of likely N-dealkylation sites (tertiary alicyclic amines) is 1. The number of halogens is 4. The zero-order valence-corrected chi connectivity index (χ0v) is 49.8. The Morgan fingerprint density at radius 2 is 1.39 bits per heavy atom. The Morgan fingerprint density at radius 1 is 0.784 bits per heavy atom. The van der Waals surface area contributed by atoms with Crippen LogP contribution < -0.4 is 20.1 Å². The number of esters is 2. The number of nitrogens with zero attached hydrogens (tertiary/aromatic N) is 6. The summed E-state index contributed by atoms with van der Waals surface area (Å²) in [5.41, 5.74) is 4.04. The highest BCUT2D eigenvalue weighted by Gasteiger charge is 2.49. The molecule has 2 N–H and O–H groups in total. The van der Waals surface area contributed by atoms with E-state index < -0.39 is 108 Å². The van der Waals surface area contributed by atoms with Crippen molar-refractivity contribution in [2.75, 3.05) is 40.5 Å². The fraction of sp³-hybridized carbons (Fsp3) is 0.375. The summed E-state index contributed by atoms with van der Waals surface area (Å²) in [6.07, 6.45) is 0.274.